The molecule has 6 nitrogen and oxygen atoms in total. The van der Waals surface area contributed by atoms with Crippen molar-refractivity contribution in [2.75, 3.05) is 11.5 Å². The fourth-order valence-electron chi connectivity index (χ4n) is 4.94. The third-order valence-corrected chi connectivity index (χ3v) is 8.26. The standard InChI is InChI=1S/C30H30F4N4O2S/c1-27(2,31)16-24-25(39)37-23(17-35)18-41-15-3-12-29(38-24,30(32,33)34)22-10-6-20(7-11-22)19-4-8-21(9-5-19)28(13-14-28)26(36)40/h4-11,23-24,38H,13-16,18H2,1-2H3,(H2,36,40)(H,37,39)/t23-,24+,29-/m1/s1. The van der Waals surface area contributed by atoms with E-state index in [1.165, 1.54) is 38.1 Å². The largest absolute Gasteiger partial charge is 0.422 e. The van der Waals surface area contributed by atoms with Crippen LogP contribution in [-0.2, 0) is 20.5 Å². The van der Waals surface area contributed by atoms with Crippen molar-refractivity contribution in [3.8, 4) is 29.0 Å². The first-order valence-corrected chi connectivity index (χ1v) is 14.2. The van der Waals surface area contributed by atoms with Gasteiger partial charge in [-0.25, -0.2) is 4.39 Å². The number of carbonyl (C=O) groups is 2. The van der Waals surface area contributed by atoms with Gasteiger partial charge in [-0.3, -0.25) is 14.9 Å². The molecule has 4 N–H and O–H groups in total. The first-order valence-electron chi connectivity index (χ1n) is 13.0. The number of hydrogen-bond acceptors (Lipinski definition) is 5. The summed E-state index contributed by atoms with van der Waals surface area (Å²) in [6, 6.07) is 12.1. The average molecular weight is 587 g/mol. The summed E-state index contributed by atoms with van der Waals surface area (Å²) in [4.78, 5) is 24.9. The SMILES string of the molecule is CC(C)(F)C[C@@H]1N[C@](c2ccc(-c3ccc(C4(C(N)=O)CC4)cc3)cc2)(C(F)(F)F)C#CCSC[C@@H](C#N)NC1=O. The van der Waals surface area contributed by atoms with Crippen LogP contribution in [-0.4, -0.2) is 47.2 Å². The Hall–Kier alpha value is -3.54. The molecule has 0 spiro atoms. The van der Waals surface area contributed by atoms with Crippen LogP contribution in [0.15, 0.2) is 48.5 Å². The van der Waals surface area contributed by atoms with Crippen LogP contribution in [0.5, 0.6) is 0 Å². The van der Waals surface area contributed by atoms with E-state index in [1.807, 2.05) is 6.07 Å². The number of nitrogens with zero attached hydrogens (tertiary/aromatic N) is 1. The van der Waals surface area contributed by atoms with Crippen molar-refractivity contribution in [3.05, 3.63) is 59.7 Å². The Morgan fingerprint density at radius 1 is 1.07 bits per heavy atom. The lowest BCUT2D eigenvalue weighted by molar-refractivity contribution is -0.185. The molecule has 216 valence electrons. The van der Waals surface area contributed by atoms with Gasteiger partial charge in [0.15, 0.2) is 0 Å². The van der Waals surface area contributed by atoms with Gasteiger partial charge in [-0.15, -0.1) is 11.8 Å². The number of nitrogens with two attached hydrogens (primary N) is 1. The molecular formula is C30H30F4N4O2S. The number of thioether (sulfide) groups is 1. The molecule has 0 radical (unpaired) electrons. The molecule has 0 saturated heterocycles. The Morgan fingerprint density at radius 2 is 1.63 bits per heavy atom. The van der Waals surface area contributed by atoms with Crippen molar-refractivity contribution in [2.45, 2.75) is 68.0 Å². The number of nitrogens with one attached hydrogen (secondary N) is 2. The molecule has 1 aliphatic heterocycles. The number of benzene rings is 2. The number of rotatable bonds is 6. The van der Waals surface area contributed by atoms with E-state index in [9.17, 15) is 32.4 Å². The van der Waals surface area contributed by atoms with Crippen LogP contribution >= 0.6 is 11.8 Å². The summed E-state index contributed by atoms with van der Waals surface area (Å²) in [6.07, 6.45) is -4.22. The summed E-state index contributed by atoms with van der Waals surface area (Å²) >= 11 is 1.12. The summed E-state index contributed by atoms with van der Waals surface area (Å²) in [6.45, 7) is 2.33. The molecule has 2 aromatic carbocycles. The fraction of sp³-hybridized carbons (Fsp3) is 0.433. The molecule has 1 saturated carbocycles. The maximum Gasteiger partial charge on any atom is 0.422 e. The molecule has 4 rings (SSSR count). The predicted molar refractivity (Wildman–Crippen MR) is 149 cm³/mol. The van der Waals surface area contributed by atoms with E-state index in [-0.39, 0.29) is 23.0 Å². The van der Waals surface area contributed by atoms with Gasteiger partial charge in [0.2, 0.25) is 17.4 Å². The van der Waals surface area contributed by atoms with Crippen molar-refractivity contribution >= 4 is 23.6 Å². The Kier molecular flexibility index (Phi) is 8.45. The number of primary amides is 1. The van der Waals surface area contributed by atoms with Gasteiger partial charge in [0.05, 0.1) is 23.3 Å². The predicted octanol–water partition coefficient (Wildman–Crippen LogP) is 4.48. The van der Waals surface area contributed by atoms with Gasteiger partial charge >= 0.3 is 6.18 Å². The molecule has 2 aliphatic rings. The number of halogens is 4. The summed E-state index contributed by atoms with van der Waals surface area (Å²) in [5.74, 6) is 3.69. The molecule has 0 unspecified atom stereocenters. The zero-order valence-electron chi connectivity index (χ0n) is 22.6. The topological polar surface area (TPSA) is 108 Å². The maximum absolute atomic E-state index is 15.0. The summed E-state index contributed by atoms with van der Waals surface area (Å²) in [7, 11) is 0. The van der Waals surface area contributed by atoms with Gasteiger partial charge in [0, 0.05) is 12.2 Å². The molecule has 11 heteroatoms. The Bertz CT molecular complexity index is 1400. The van der Waals surface area contributed by atoms with Crippen LogP contribution in [0.1, 0.15) is 44.2 Å². The fourth-order valence-corrected chi connectivity index (χ4v) is 5.63. The highest BCUT2D eigenvalue weighted by molar-refractivity contribution is 7.99. The monoisotopic (exact) mass is 586 g/mol. The molecule has 3 atom stereocenters. The van der Waals surface area contributed by atoms with E-state index in [0.29, 0.717) is 18.4 Å². The van der Waals surface area contributed by atoms with Crippen LogP contribution in [0.3, 0.4) is 0 Å². The van der Waals surface area contributed by atoms with Crippen molar-refractivity contribution in [1.82, 2.24) is 10.6 Å². The molecule has 1 fully saturated rings. The highest BCUT2D eigenvalue weighted by Crippen LogP contribution is 2.48. The molecular weight excluding hydrogens is 556 g/mol. The maximum atomic E-state index is 15.0. The lowest BCUT2D eigenvalue weighted by Crippen LogP contribution is -2.61. The summed E-state index contributed by atoms with van der Waals surface area (Å²) < 4.78 is 59.6. The van der Waals surface area contributed by atoms with Crippen molar-refractivity contribution in [3.63, 3.8) is 0 Å². The molecule has 2 aromatic rings. The van der Waals surface area contributed by atoms with Gasteiger partial charge < -0.3 is 11.1 Å². The second-order valence-corrected chi connectivity index (χ2v) is 12.0. The summed E-state index contributed by atoms with van der Waals surface area (Å²) in [5.41, 5.74) is 1.79. The lowest BCUT2D eigenvalue weighted by Gasteiger charge is -2.37. The Morgan fingerprint density at radius 3 is 2.10 bits per heavy atom. The summed E-state index contributed by atoms with van der Waals surface area (Å²) in [5, 5.41) is 14.2. The third-order valence-electron chi connectivity index (χ3n) is 7.34. The second-order valence-electron chi connectivity index (χ2n) is 11.0. The number of alkyl halides is 4. The average Bonchev–Trinajstić information content (AvgIpc) is 3.72. The van der Waals surface area contributed by atoms with E-state index in [4.69, 9.17) is 5.73 Å². The molecule has 2 amide bonds. The Balaban J connectivity index is 1.73. The van der Waals surface area contributed by atoms with Gasteiger partial charge in [0.25, 0.3) is 0 Å². The first kappa shape index (κ1) is 30.4. The number of carbonyl (C=O) groups excluding carboxylic acids is 2. The minimum Gasteiger partial charge on any atom is -0.369 e. The normalized spacial score (nSPS) is 24.6. The van der Waals surface area contributed by atoms with E-state index in [0.717, 1.165) is 22.9 Å². The zero-order chi connectivity index (χ0) is 30.1. The number of amides is 2. The molecule has 1 heterocycles. The lowest BCUT2D eigenvalue weighted by atomic mass is 9.85. The highest BCUT2D eigenvalue weighted by atomic mass is 32.2. The van der Waals surface area contributed by atoms with E-state index < -0.39 is 47.2 Å². The van der Waals surface area contributed by atoms with E-state index in [1.54, 1.807) is 24.3 Å². The number of hydrogen-bond donors (Lipinski definition) is 3. The van der Waals surface area contributed by atoms with Gasteiger partial charge in [-0.05, 0) is 48.9 Å². The van der Waals surface area contributed by atoms with Crippen LogP contribution < -0.4 is 16.4 Å². The smallest absolute Gasteiger partial charge is 0.369 e. The molecule has 41 heavy (non-hydrogen) atoms. The first-order chi connectivity index (χ1) is 19.2. The van der Waals surface area contributed by atoms with Crippen LogP contribution in [0, 0.1) is 23.2 Å². The zero-order valence-corrected chi connectivity index (χ0v) is 23.4. The second kappa shape index (κ2) is 11.4. The third kappa shape index (κ3) is 6.52. The molecule has 0 bridgehead atoms. The van der Waals surface area contributed by atoms with Crippen molar-refractivity contribution in [2.24, 2.45) is 5.73 Å². The molecule has 0 aromatic heterocycles. The highest BCUT2D eigenvalue weighted by Gasteiger charge is 2.57. The van der Waals surface area contributed by atoms with Crippen LogP contribution in [0.25, 0.3) is 11.1 Å². The van der Waals surface area contributed by atoms with Crippen molar-refractivity contribution < 1.29 is 27.2 Å². The van der Waals surface area contributed by atoms with Crippen LogP contribution in [0.4, 0.5) is 17.6 Å². The minimum atomic E-state index is -5.00. The van der Waals surface area contributed by atoms with Gasteiger partial charge in [0.1, 0.15) is 11.7 Å². The quantitative estimate of drug-likeness (QED) is 0.342. The van der Waals surface area contributed by atoms with E-state index >= 15 is 0 Å². The van der Waals surface area contributed by atoms with Crippen LogP contribution in [0.2, 0.25) is 0 Å². The van der Waals surface area contributed by atoms with Crippen molar-refractivity contribution in [1.29, 1.82) is 5.26 Å². The van der Waals surface area contributed by atoms with E-state index in [2.05, 4.69) is 22.5 Å². The minimum absolute atomic E-state index is 0.00986. The van der Waals surface area contributed by atoms with Gasteiger partial charge in [-0.2, -0.15) is 18.4 Å². The Labute approximate surface area is 240 Å². The number of nitriles is 1. The van der Waals surface area contributed by atoms with Gasteiger partial charge in [-0.1, -0.05) is 60.4 Å². The molecule has 1 aliphatic carbocycles.